The molecular weight excluding hydrogens is 635 g/mol. The van der Waals surface area contributed by atoms with E-state index in [0.29, 0.717) is 46.4 Å². The topological polar surface area (TPSA) is 124 Å². The van der Waals surface area contributed by atoms with Crippen LogP contribution in [0.4, 0.5) is 22.0 Å². The third-order valence-electron chi connectivity index (χ3n) is 7.53. The fraction of sp³-hybridized carbons (Fsp3) is 0.333. The van der Waals surface area contributed by atoms with Crippen LogP contribution in [0.2, 0.25) is 0 Å². The first kappa shape index (κ1) is 34.6. The SMILES string of the molecule is O=S(=O)(CCCCCOc1ccc(C2=C(c3ccc(O)cc3)CC(O)=C(O)c3cc(O)ccc32)cc1)CCCC(F)(F)C(F)(F)F. The Morgan fingerprint density at radius 2 is 1.30 bits per heavy atom. The van der Waals surface area contributed by atoms with Crippen LogP contribution < -0.4 is 4.74 Å². The number of alkyl halides is 5. The van der Waals surface area contributed by atoms with Gasteiger partial charge in [0.1, 0.15) is 32.8 Å². The quantitative estimate of drug-likeness (QED) is 0.107. The molecule has 0 aliphatic heterocycles. The summed E-state index contributed by atoms with van der Waals surface area (Å²) in [5, 5.41) is 41.4. The van der Waals surface area contributed by atoms with Crippen LogP contribution in [0.15, 0.2) is 72.5 Å². The maximum atomic E-state index is 13.0. The van der Waals surface area contributed by atoms with Gasteiger partial charge in [0.15, 0.2) is 5.76 Å². The van der Waals surface area contributed by atoms with Crippen molar-refractivity contribution in [2.45, 2.75) is 50.6 Å². The number of aromatic hydroxyl groups is 2. The number of benzene rings is 3. The van der Waals surface area contributed by atoms with Crippen molar-refractivity contribution >= 4 is 26.7 Å². The van der Waals surface area contributed by atoms with E-state index in [4.69, 9.17) is 4.74 Å². The van der Waals surface area contributed by atoms with Crippen LogP contribution in [0.1, 0.15) is 60.8 Å². The maximum absolute atomic E-state index is 13.0. The molecule has 3 aromatic rings. The summed E-state index contributed by atoms with van der Waals surface area (Å²) in [4.78, 5) is 0. The molecule has 0 fully saturated rings. The van der Waals surface area contributed by atoms with Gasteiger partial charge in [0, 0.05) is 18.4 Å². The van der Waals surface area contributed by atoms with Crippen molar-refractivity contribution in [1.82, 2.24) is 0 Å². The third-order valence-corrected chi connectivity index (χ3v) is 9.36. The molecule has 0 spiro atoms. The second-order valence-corrected chi connectivity index (χ2v) is 13.3. The monoisotopic (exact) mass is 668 g/mol. The second kappa shape index (κ2) is 14.0. The summed E-state index contributed by atoms with van der Waals surface area (Å²) in [7, 11) is -3.77. The lowest BCUT2D eigenvalue weighted by molar-refractivity contribution is -0.284. The minimum atomic E-state index is -5.71. The van der Waals surface area contributed by atoms with Gasteiger partial charge in [0.05, 0.1) is 18.1 Å². The number of unbranched alkanes of at least 4 members (excludes halogenated alkanes) is 2. The van der Waals surface area contributed by atoms with Crippen molar-refractivity contribution in [2.24, 2.45) is 0 Å². The van der Waals surface area contributed by atoms with Gasteiger partial charge in [0.25, 0.3) is 0 Å². The van der Waals surface area contributed by atoms with Gasteiger partial charge in [-0.25, -0.2) is 8.42 Å². The summed E-state index contributed by atoms with van der Waals surface area (Å²) >= 11 is 0. The zero-order valence-corrected chi connectivity index (χ0v) is 25.3. The lowest BCUT2D eigenvalue weighted by Gasteiger charge is -2.19. The van der Waals surface area contributed by atoms with Gasteiger partial charge in [-0.15, -0.1) is 0 Å². The van der Waals surface area contributed by atoms with Crippen molar-refractivity contribution in [1.29, 1.82) is 0 Å². The number of phenolic OH excluding ortho intramolecular Hbond substituents is 2. The Bertz CT molecular complexity index is 1700. The summed E-state index contributed by atoms with van der Waals surface area (Å²) in [5.74, 6) is -6.17. The Balaban J connectivity index is 1.39. The first-order valence-corrected chi connectivity index (χ1v) is 16.3. The van der Waals surface area contributed by atoms with Crippen molar-refractivity contribution in [3.8, 4) is 17.2 Å². The molecule has 248 valence electrons. The molecule has 4 rings (SSSR count). The van der Waals surface area contributed by atoms with Crippen molar-refractivity contribution in [2.75, 3.05) is 18.1 Å². The van der Waals surface area contributed by atoms with Crippen molar-refractivity contribution in [3.05, 3.63) is 94.7 Å². The van der Waals surface area contributed by atoms with Crippen molar-refractivity contribution in [3.63, 3.8) is 0 Å². The number of fused-ring (bicyclic) bond motifs is 1. The molecule has 0 bridgehead atoms. The number of aliphatic hydroxyl groups excluding tert-OH is 2. The molecule has 1 aliphatic carbocycles. The Labute approximate surface area is 262 Å². The van der Waals surface area contributed by atoms with Crippen LogP contribution in [0.5, 0.6) is 17.2 Å². The van der Waals surface area contributed by atoms with Gasteiger partial charge in [-0.3, -0.25) is 0 Å². The number of halogens is 5. The molecule has 13 heteroatoms. The van der Waals surface area contributed by atoms with Gasteiger partial charge in [-0.2, -0.15) is 22.0 Å². The largest absolute Gasteiger partial charge is 0.508 e. The molecule has 1 aliphatic rings. The number of hydrogen-bond donors (Lipinski definition) is 4. The standard InChI is InChI=1S/C33H33F5O7S/c34-32(35,33(36,37)38)15-4-18-46(43,44)17-3-1-2-16-45-25-12-7-22(8-13-25)30-26-14-11-24(40)19-28(26)31(42)29(41)20-27(30)21-5-9-23(39)10-6-21/h5-14,19,39-42H,1-4,15-18,20H2. The molecule has 0 saturated carbocycles. The number of phenols is 2. The summed E-state index contributed by atoms with van der Waals surface area (Å²) in [6.45, 7) is 0.242. The van der Waals surface area contributed by atoms with Gasteiger partial charge in [-0.05, 0) is 96.0 Å². The number of rotatable bonds is 13. The molecule has 0 aromatic heterocycles. The highest BCUT2D eigenvalue weighted by Gasteiger charge is 2.56. The van der Waals surface area contributed by atoms with E-state index < -0.39 is 40.5 Å². The van der Waals surface area contributed by atoms with E-state index in [1.54, 1.807) is 42.5 Å². The Morgan fingerprint density at radius 3 is 1.96 bits per heavy atom. The fourth-order valence-corrected chi connectivity index (χ4v) is 6.54. The number of sulfone groups is 1. The van der Waals surface area contributed by atoms with Crippen LogP contribution in [0.3, 0.4) is 0 Å². The number of allylic oxidation sites excluding steroid dienone is 1. The highest BCUT2D eigenvalue weighted by Crippen LogP contribution is 2.44. The van der Waals surface area contributed by atoms with E-state index in [-0.39, 0.29) is 53.8 Å². The molecule has 0 amide bonds. The van der Waals surface area contributed by atoms with Crippen LogP contribution in [0, 0.1) is 0 Å². The molecular formula is C33H33F5O7S. The summed E-state index contributed by atoms with van der Waals surface area (Å²) in [6, 6.07) is 17.9. The lowest BCUT2D eigenvalue weighted by Crippen LogP contribution is -2.36. The van der Waals surface area contributed by atoms with E-state index in [2.05, 4.69) is 0 Å². The molecule has 0 saturated heterocycles. The number of hydrogen-bond acceptors (Lipinski definition) is 7. The maximum Gasteiger partial charge on any atom is 0.453 e. The molecule has 4 N–H and O–H groups in total. The molecule has 0 heterocycles. The van der Waals surface area contributed by atoms with E-state index in [1.165, 1.54) is 24.3 Å². The number of aliphatic hydroxyl groups is 2. The van der Waals surface area contributed by atoms with Crippen LogP contribution in [-0.4, -0.2) is 59.1 Å². The molecule has 0 atom stereocenters. The van der Waals surface area contributed by atoms with Gasteiger partial charge in [0.2, 0.25) is 0 Å². The van der Waals surface area contributed by atoms with Crippen LogP contribution in [0.25, 0.3) is 16.9 Å². The zero-order valence-electron chi connectivity index (χ0n) is 24.5. The lowest BCUT2D eigenvalue weighted by atomic mass is 9.87. The first-order chi connectivity index (χ1) is 21.6. The fourth-order valence-electron chi connectivity index (χ4n) is 5.11. The zero-order chi connectivity index (χ0) is 33.7. The number of ether oxygens (including phenoxy) is 1. The smallest absolute Gasteiger partial charge is 0.453 e. The highest BCUT2D eigenvalue weighted by molar-refractivity contribution is 7.91. The molecule has 7 nitrogen and oxygen atoms in total. The van der Waals surface area contributed by atoms with Gasteiger partial charge in [-0.1, -0.05) is 24.3 Å². The second-order valence-electron chi connectivity index (χ2n) is 11.0. The molecule has 0 radical (unpaired) electrons. The average molecular weight is 669 g/mol. The van der Waals surface area contributed by atoms with Crippen LogP contribution in [-0.2, 0) is 9.84 Å². The van der Waals surface area contributed by atoms with Crippen LogP contribution >= 0.6 is 0 Å². The summed E-state index contributed by atoms with van der Waals surface area (Å²) in [6.07, 6.45) is -6.98. The Kier molecular flexibility index (Phi) is 10.5. The molecule has 0 unspecified atom stereocenters. The van der Waals surface area contributed by atoms with E-state index in [9.17, 15) is 50.8 Å². The van der Waals surface area contributed by atoms with E-state index in [0.717, 1.165) is 0 Å². The Hall–Kier alpha value is -4.26. The molecule has 46 heavy (non-hydrogen) atoms. The predicted molar refractivity (Wildman–Crippen MR) is 164 cm³/mol. The minimum Gasteiger partial charge on any atom is -0.508 e. The third kappa shape index (κ3) is 8.51. The minimum absolute atomic E-state index is 0.0323. The van der Waals surface area contributed by atoms with E-state index in [1.807, 2.05) is 0 Å². The summed E-state index contributed by atoms with van der Waals surface area (Å²) in [5.41, 5.74) is 3.53. The van der Waals surface area contributed by atoms with Gasteiger partial charge >= 0.3 is 12.1 Å². The predicted octanol–water partition coefficient (Wildman–Crippen LogP) is 8.19. The molecule has 3 aromatic carbocycles. The highest BCUT2D eigenvalue weighted by atomic mass is 32.2. The average Bonchev–Trinajstić information content (AvgIpc) is 3.09. The Morgan fingerprint density at radius 1 is 0.696 bits per heavy atom. The first-order valence-electron chi connectivity index (χ1n) is 14.4. The summed E-state index contributed by atoms with van der Waals surface area (Å²) < 4.78 is 92.6. The normalized spacial score (nSPS) is 14.3. The van der Waals surface area contributed by atoms with E-state index >= 15 is 0 Å². The van der Waals surface area contributed by atoms with Crippen molar-refractivity contribution < 1.29 is 55.5 Å². The van der Waals surface area contributed by atoms with Gasteiger partial charge < -0.3 is 25.2 Å².